The van der Waals surface area contributed by atoms with Gasteiger partial charge in [0.15, 0.2) is 0 Å². The lowest BCUT2D eigenvalue weighted by molar-refractivity contribution is -0.384. The number of nitro benzene ring substituents is 1. The van der Waals surface area contributed by atoms with Gasteiger partial charge in [0.25, 0.3) is 16.8 Å². The lowest BCUT2D eigenvalue weighted by atomic mass is 10.2. The van der Waals surface area contributed by atoms with Gasteiger partial charge in [0.2, 0.25) is 0 Å². The predicted octanol–water partition coefficient (Wildman–Crippen LogP) is 7.27. The maximum atomic E-state index is 12.9. The highest BCUT2D eigenvalue weighted by atomic mass is 127. The zero-order chi connectivity index (χ0) is 25.1. The van der Waals surface area contributed by atoms with Crippen LogP contribution >= 0.6 is 68.5 Å². The molecule has 0 aromatic heterocycles. The smallest absolute Gasteiger partial charge is 0.293 e. The molecule has 3 aromatic carbocycles. The topological polar surface area (TPSA) is 89.7 Å². The summed E-state index contributed by atoms with van der Waals surface area (Å²) in [5.74, 6) is 0.302. The minimum absolute atomic E-state index is 0.0100. The monoisotopic (exact) mass is 732 g/mol. The predicted molar refractivity (Wildman–Crippen MR) is 152 cm³/mol. The number of amides is 2. The van der Waals surface area contributed by atoms with Gasteiger partial charge in [-0.1, -0.05) is 35.9 Å². The molecule has 1 heterocycles. The Morgan fingerprint density at radius 2 is 1.71 bits per heavy atom. The molecule has 178 valence electrons. The molecule has 0 N–H and O–H groups in total. The number of hydrogen-bond acceptors (Lipinski definition) is 6. The standard InChI is InChI=1S/C24H15ClI2N2O5S/c25-17-6-4-14(5-7-17)12-28-23(30)21(35-24(28)31)11-16-9-19(26)22(20(27)10-16)34-13-15-2-1-3-18(8-15)29(32)33/h1-11H,12-13H2/b21-11+. The molecule has 11 heteroatoms. The molecule has 1 aliphatic heterocycles. The van der Waals surface area contributed by atoms with Crippen LogP contribution < -0.4 is 4.74 Å². The van der Waals surface area contributed by atoms with Gasteiger partial charge in [-0.2, -0.15) is 0 Å². The van der Waals surface area contributed by atoms with Gasteiger partial charge in [-0.3, -0.25) is 24.6 Å². The molecule has 0 saturated carbocycles. The Hall–Kier alpha value is -2.16. The maximum absolute atomic E-state index is 12.9. The van der Waals surface area contributed by atoms with E-state index in [1.54, 1.807) is 42.5 Å². The van der Waals surface area contributed by atoms with E-state index < -0.39 is 4.92 Å². The van der Waals surface area contributed by atoms with E-state index in [1.807, 2.05) is 12.1 Å². The molecule has 2 amide bonds. The fourth-order valence-electron chi connectivity index (χ4n) is 3.28. The number of benzene rings is 3. The summed E-state index contributed by atoms with van der Waals surface area (Å²) < 4.78 is 7.56. The fourth-order valence-corrected chi connectivity index (χ4v) is 6.37. The summed E-state index contributed by atoms with van der Waals surface area (Å²) in [5.41, 5.74) is 2.27. The molecule has 3 aromatic rings. The Morgan fingerprint density at radius 1 is 1.03 bits per heavy atom. The van der Waals surface area contributed by atoms with E-state index in [9.17, 15) is 19.7 Å². The lowest BCUT2D eigenvalue weighted by Crippen LogP contribution is -2.27. The Morgan fingerprint density at radius 3 is 2.37 bits per heavy atom. The van der Waals surface area contributed by atoms with E-state index >= 15 is 0 Å². The van der Waals surface area contributed by atoms with Crippen LogP contribution in [0.25, 0.3) is 6.08 Å². The van der Waals surface area contributed by atoms with Crippen molar-refractivity contribution in [2.75, 3.05) is 0 Å². The molecule has 7 nitrogen and oxygen atoms in total. The first-order valence-electron chi connectivity index (χ1n) is 10.1. The zero-order valence-corrected chi connectivity index (χ0v) is 23.6. The summed E-state index contributed by atoms with van der Waals surface area (Å²) in [6, 6.07) is 17.0. The minimum atomic E-state index is -0.441. The van der Waals surface area contributed by atoms with Crippen molar-refractivity contribution in [2.45, 2.75) is 13.2 Å². The third-order valence-electron chi connectivity index (χ3n) is 4.95. The molecule has 0 bridgehead atoms. The second-order valence-corrected chi connectivity index (χ2v) is 11.2. The Kier molecular flexibility index (Phi) is 8.34. The van der Waals surface area contributed by atoms with Crippen LogP contribution in [0.3, 0.4) is 0 Å². The molecular formula is C24H15ClI2N2O5S. The number of non-ortho nitro benzene ring substituents is 1. The van der Waals surface area contributed by atoms with Gasteiger partial charge in [0.1, 0.15) is 12.4 Å². The van der Waals surface area contributed by atoms with Gasteiger partial charge >= 0.3 is 0 Å². The van der Waals surface area contributed by atoms with Crippen molar-refractivity contribution in [3.8, 4) is 5.75 Å². The first kappa shape index (κ1) is 25.9. The van der Waals surface area contributed by atoms with Gasteiger partial charge in [-0.05, 0) is 104 Å². The number of rotatable bonds is 7. The SMILES string of the molecule is O=C1S/C(=C/c2cc(I)c(OCc3cccc([N+](=O)[O-])c3)c(I)c2)C(=O)N1Cc1ccc(Cl)cc1. The van der Waals surface area contributed by atoms with E-state index in [0.717, 1.165) is 30.0 Å². The van der Waals surface area contributed by atoms with Crippen LogP contribution in [0.2, 0.25) is 5.02 Å². The molecule has 1 aliphatic rings. The summed E-state index contributed by atoms with van der Waals surface area (Å²) in [5, 5.41) is 11.3. The second-order valence-electron chi connectivity index (χ2n) is 7.42. The fraction of sp³-hybridized carbons (Fsp3) is 0.0833. The van der Waals surface area contributed by atoms with Gasteiger partial charge in [0, 0.05) is 17.2 Å². The van der Waals surface area contributed by atoms with Crippen LogP contribution in [-0.2, 0) is 17.9 Å². The van der Waals surface area contributed by atoms with Crippen molar-refractivity contribution in [3.63, 3.8) is 0 Å². The lowest BCUT2D eigenvalue weighted by Gasteiger charge is -2.13. The molecule has 0 spiro atoms. The molecule has 1 saturated heterocycles. The van der Waals surface area contributed by atoms with Gasteiger partial charge in [-0.15, -0.1) is 0 Å². The number of imide groups is 1. The molecule has 0 atom stereocenters. The third-order valence-corrected chi connectivity index (χ3v) is 7.71. The number of hydrogen-bond donors (Lipinski definition) is 0. The van der Waals surface area contributed by atoms with Gasteiger partial charge < -0.3 is 4.74 Å². The van der Waals surface area contributed by atoms with Crippen LogP contribution in [0, 0.1) is 17.3 Å². The summed E-state index contributed by atoms with van der Waals surface area (Å²) in [4.78, 5) is 37.4. The Balaban J connectivity index is 1.49. The summed E-state index contributed by atoms with van der Waals surface area (Å²) in [6.45, 7) is 0.356. The normalized spacial score (nSPS) is 14.6. The first-order valence-corrected chi connectivity index (χ1v) is 13.4. The van der Waals surface area contributed by atoms with Crippen LogP contribution in [0.4, 0.5) is 10.5 Å². The highest BCUT2D eigenvalue weighted by molar-refractivity contribution is 14.1. The number of halogens is 3. The van der Waals surface area contributed by atoms with Crippen LogP contribution in [0.1, 0.15) is 16.7 Å². The van der Waals surface area contributed by atoms with Crippen LogP contribution in [0.15, 0.2) is 65.6 Å². The second kappa shape index (κ2) is 11.3. The van der Waals surface area contributed by atoms with Gasteiger partial charge in [0.05, 0.1) is 23.5 Å². The van der Waals surface area contributed by atoms with Crippen LogP contribution in [-0.4, -0.2) is 21.0 Å². The minimum Gasteiger partial charge on any atom is -0.487 e. The summed E-state index contributed by atoms with van der Waals surface area (Å²) >= 11 is 11.1. The van der Waals surface area contributed by atoms with E-state index in [-0.39, 0.29) is 30.0 Å². The van der Waals surface area contributed by atoms with Crippen molar-refractivity contribution in [1.82, 2.24) is 4.90 Å². The zero-order valence-electron chi connectivity index (χ0n) is 17.7. The molecule has 4 rings (SSSR count). The van der Waals surface area contributed by atoms with Gasteiger partial charge in [-0.25, -0.2) is 0 Å². The number of ether oxygens (including phenoxy) is 1. The average Bonchev–Trinajstić information content (AvgIpc) is 3.07. The number of carbonyl (C=O) groups excluding carboxylic acids is 2. The highest BCUT2D eigenvalue weighted by Crippen LogP contribution is 2.36. The van der Waals surface area contributed by atoms with E-state index in [2.05, 4.69) is 45.2 Å². The Bertz CT molecular complexity index is 1340. The summed E-state index contributed by atoms with van der Waals surface area (Å²) in [7, 11) is 0. The quantitative estimate of drug-likeness (QED) is 0.110. The van der Waals surface area contributed by atoms with Crippen LogP contribution in [0.5, 0.6) is 5.75 Å². The highest BCUT2D eigenvalue weighted by Gasteiger charge is 2.35. The van der Waals surface area contributed by atoms with Crippen molar-refractivity contribution >= 4 is 91.5 Å². The maximum Gasteiger partial charge on any atom is 0.293 e. The van der Waals surface area contributed by atoms with E-state index in [4.69, 9.17) is 16.3 Å². The average molecular weight is 733 g/mol. The van der Waals surface area contributed by atoms with E-state index in [0.29, 0.717) is 21.2 Å². The molecule has 35 heavy (non-hydrogen) atoms. The Labute approximate surface area is 237 Å². The third kappa shape index (κ3) is 6.35. The van der Waals surface area contributed by atoms with Crippen molar-refractivity contribution in [2.24, 2.45) is 0 Å². The van der Waals surface area contributed by atoms with E-state index in [1.165, 1.54) is 17.0 Å². The molecule has 0 unspecified atom stereocenters. The molecule has 0 radical (unpaired) electrons. The van der Waals surface area contributed by atoms with Crippen molar-refractivity contribution < 1.29 is 19.2 Å². The number of thioether (sulfide) groups is 1. The number of carbonyl (C=O) groups is 2. The van der Waals surface area contributed by atoms with Crippen molar-refractivity contribution in [1.29, 1.82) is 0 Å². The number of nitrogens with zero attached hydrogens (tertiary/aromatic N) is 2. The first-order chi connectivity index (χ1) is 16.7. The summed E-state index contributed by atoms with van der Waals surface area (Å²) in [6.07, 6.45) is 1.70. The molecule has 0 aliphatic carbocycles. The van der Waals surface area contributed by atoms with Crippen molar-refractivity contribution in [3.05, 3.63) is 105 Å². The molecular weight excluding hydrogens is 718 g/mol. The number of nitro groups is 1. The molecule has 1 fully saturated rings. The largest absolute Gasteiger partial charge is 0.487 e.